The summed E-state index contributed by atoms with van der Waals surface area (Å²) in [7, 11) is 1.60. The molecule has 0 bridgehead atoms. The standard InChI is InChI=1S/C20H22N4O2/c1-4-8-14(2)22-23-20-21-18-12-6-5-11-17(18)19(25)24(20)15-9-7-10-16(13-15)26-3/h5-7,9-13H,4,8H2,1-3H3,(H,21,23)/b22-14+. The number of hydrogen-bond acceptors (Lipinski definition) is 5. The van der Waals surface area contributed by atoms with Gasteiger partial charge in [-0.05, 0) is 37.6 Å². The average molecular weight is 350 g/mol. The van der Waals surface area contributed by atoms with E-state index in [2.05, 4.69) is 22.4 Å². The quantitative estimate of drug-likeness (QED) is 0.539. The first-order chi connectivity index (χ1) is 12.6. The number of nitrogens with one attached hydrogen (secondary N) is 1. The second-order valence-electron chi connectivity index (χ2n) is 6.00. The average Bonchev–Trinajstić information content (AvgIpc) is 2.67. The zero-order valence-electron chi connectivity index (χ0n) is 15.2. The Hall–Kier alpha value is -3.15. The maximum atomic E-state index is 13.1. The minimum absolute atomic E-state index is 0.158. The highest BCUT2D eigenvalue weighted by Crippen LogP contribution is 2.20. The maximum absolute atomic E-state index is 13.1. The Bertz CT molecular complexity index is 1010. The van der Waals surface area contributed by atoms with Crippen LogP contribution in [0.25, 0.3) is 16.6 Å². The van der Waals surface area contributed by atoms with Crippen molar-refractivity contribution in [1.29, 1.82) is 0 Å². The van der Waals surface area contributed by atoms with Crippen LogP contribution in [0.5, 0.6) is 5.75 Å². The lowest BCUT2D eigenvalue weighted by molar-refractivity contribution is 0.414. The summed E-state index contributed by atoms with van der Waals surface area (Å²) < 4.78 is 6.81. The number of ether oxygens (including phenoxy) is 1. The van der Waals surface area contributed by atoms with Gasteiger partial charge in [-0.2, -0.15) is 5.10 Å². The molecule has 0 unspecified atom stereocenters. The Morgan fingerprint density at radius 2 is 2.04 bits per heavy atom. The van der Waals surface area contributed by atoms with Crippen LogP contribution in [0.1, 0.15) is 26.7 Å². The van der Waals surface area contributed by atoms with Gasteiger partial charge in [0.2, 0.25) is 5.95 Å². The van der Waals surface area contributed by atoms with Crippen LogP contribution in [0.15, 0.2) is 58.4 Å². The van der Waals surface area contributed by atoms with Gasteiger partial charge in [-0.15, -0.1) is 0 Å². The smallest absolute Gasteiger partial charge is 0.267 e. The Balaban J connectivity index is 2.20. The van der Waals surface area contributed by atoms with E-state index in [1.807, 2.05) is 43.3 Å². The van der Waals surface area contributed by atoms with E-state index in [0.717, 1.165) is 18.6 Å². The van der Waals surface area contributed by atoms with Crippen molar-refractivity contribution < 1.29 is 4.74 Å². The molecule has 0 spiro atoms. The van der Waals surface area contributed by atoms with Crippen LogP contribution in [-0.4, -0.2) is 22.4 Å². The summed E-state index contributed by atoms with van der Waals surface area (Å²) in [5, 5.41) is 4.93. The minimum Gasteiger partial charge on any atom is -0.497 e. The van der Waals surface area contributed by atoms with Crippen molar-refractivity contribution in [3.8, 4) is 11.4 Å². The fourth-order valence-corrected chi connectivity index (χ4v) is 2.76. The Labute approximate surface area is 152 Å². The molecule has 0 aliphatic heterocycles. The van der Waals surface area contributed by atoms with Crippen LogP contribution in [0, 0.1) is 0 Å². The zero-order valence-corrected chi connectivity index (χ0v) is 15.2. The molecule has 1 heterocycles. The number of benzene rings is 2. The van der Waals surface area contributed by atoms with Crippen molar-refractivity contribution in [3.63, 3.8) is 0 Å². The third-order valence-electron chi connectivity index (χ3n) is 4.05. The lowest BCUT2D eigenvalue weighted by Crippen LogP contribution is -2.23. The van der Waals surface area contributed by atoms with E-state index in [-0.39, 0.29) is 5.56 Å². The molecular formula is C20H22N4O2. The molecule has 3 aromatic rings. The summed E-state index contributed by atoms with van der Waals surface area (Å²) in [5.41, 5.74) is 5.05. The highest BCUT2D eigenvalue weighted by Gasteiger charge is 2.13. The fourth-order valence-electron chi connectivity index (χ4n) is 2.76. The van der Waals surface area contributed by atoms with Crippen LogP contribution in [0.3, 0.4) is 0 Å². The first kappa shape index (κ1) is 17.7. The molecule has 0 amide bonds. The van der Waals surface area contributed by atoms with E-state index in [1.54, 1.807) is 19.2 Å². The molecule has 0 atom stereocenters. The van der Waals surface area contributed by atoms with Crippen molar-refractivity contribution in [2.45, 2.75) is 26.7 Å². The number of hydrogen-bond donors (Lipinski definition) is 1. The summed E-state index contributed by atoms with van der Waals surface area (Å²) in [5.74, 6) is 1.04. The van der Waals surface area contributed by atoms with Gasteiger partial charge in [0, 0.05) is 11.8 Å². The van der Waals surface area contributed by atoms with Gasteiger partial charge in [0.15, 0.2) is 0 Å². The number of hydrazone groups is 1. The van der Waals surface area contributed by atoms with E-state index in [1.165, 1.54) is 4.57 Å². The molecule has 0 radical (unpaired) electrons. The number of nitrogens with zero attached hydrogens (tertiary/aromatic N) is 3. The zero-order chi connectivity index (χ0) is 18.5. The van der Waals surface area contributed by atoms with Gasteiger partial charge < -0.3 is 4.74 Å². The van der Waals surface area contributed by atoms with E-state index in [0.29, 0.717) is 28.3 Å². The molecule has 0 aliphatic carbocycles. The minimum atomic E-state index is -0.158. The molecule has 0 saturated heterocycles. The lowest BCUT2D eigenvalue weighted by Gasteiger charge is -2.14. The summed E-state index contributed by atoms with van der Waals surface area (Å²) in [6.07, 6.45) is 1.88. The Morgan fingerprint density at radius 1 is 1.23 bits per heavy atom. The first-order valence-electron chi connectivity index (χ1n) is 8.59. The van der Waals surface area contributed by atoms with E-state index in [9.17, 15) is 4.79 Å². The van der Waals surface area contributed by atoms with E-state index in [4.69, 9.17) is 4.74 Å². The predicted molar refractivity (Wildman–Crippen MR) is 106 cm³/mol. The largest absolute Gasteiger partial charge is 0.497 e. The van der Waals surface area contributed by atoms with Gasteiger partial charge in [-0.1, -0.05) is 31.5 Å². The van der Waals surface area contributed by atoms with Crippen LogP contribution in [0.4, 0.5) is 5.95 Å². The lowest BCUT2D eigenvalue weighted by atomic mass is 10.2. The second kappa shape index (κ2) is 7.82. The van der Waals surface area contributed by atoms with Crippen LogP contribution >= 0.6 is 0 Å². The third-order valence-corrected chi connectivity index (χ3v) is 4.05. The monoisotopic (exact) mass is 350 g/mol. The van der Waals surface area contributed by atoms with Gasteiger partial charge in [0.1, 0.15) is 5.75 Å². The molecule has 3 rings (SSSR count). The number of rotatable bonds is 6. The molecule has 0 fully saturated rings. The predicted octanol–water partition coefficient (Wildman–Crippen LogP) is 3.98. The van der Waals surface area contributed by atoms with Crippen molar-refractivity contribution in [2.24, 2.45) is 5.10 Å². The molecular weight excluding hydrogens is 328 g/mol. The number of methoxy groups -OCH3 is 1. The summed E-state index contributed by atoms with van der Waals surface area (Å²) in [6.45, 7) is 4.05. The molecule has 0 saturated carbocycles. The molecule has 2 aromatic carbocycles. The van der Waals surface area contributed by atoms with Crippen molar-refractivity contribution in [1.82, 2.24) is 9.55 Å². The first-order valence-corrected chi connectivity index (χ1v) is 8.59. The molecule has 134 valence electrons. The maximum Gasteiger partial charge on any atom is 0.267 e. The Morgan fingerprint density at radius 3 is 2.81 bits per heavy atom. The van der Waals surface area contributed by atoms with Crippen molar-refractivity contribution in [2.75, 3.05) is 12.5 Å². The molecule has 1 N–H and O–H groups in total. The van der Waals surface area contributed by atoms with Gasteiger partial charge in [-0.3, -0.25) is 4.79 Å². The van der Waals surface area contributed by atoms with Crippen LogP contribution in [0.2, 0.25) is 0 Å². The van der Waals surface area contributed by atoms with Crippen LogP contribution < -0.4 is 15.7 Å². The van der Waals surface area contributed by atoms with Crippen molar-refractivity contribution in [3.05, 3.63) is 58.9 Å². The van der Waals surface area contributed by atoms with Gasteiger partial charge in [0.25, 0.3) is 5.56 Å². The highest BCUT2D eigenvalue weighted by molar-refractivity contribution is 5.83. The molecule has 26 heavy (non-hydrogen) atoms. The van der Waals surface area contributed by atoms with Gasteiger partial charge in [0.05, 0.1) is 23.7 Å². The highest BCUT2D eigenvalue weighted by atomic mass is 16.5. The number of fused-ring (bicyclic) bond motifs is 1. The van der Waals surface area contributed by atoms with Crippen LogP contribution in [-0.2, 0) is 0 Å². The third kappa shape index (κ3) is 3.59. The van der Waals surface area contributed by atoms with E-state index < -0.39 is 0 Å². The molecule has 6 heteroatoms. The van der Waals surface area contributed by atoms with Gasteiger partial charge in [-0.25, -0.2) is 15.0 Å². The SMILES string of the molecule is CCC/C(C)=N/Nc1nc2ccccc2c(=O)n1-c1cccc(OC)c1. The summed E-state index contributed by atoms with van der Waals surface area (Å²) >= 11 is 0. The topological polar surface area (TPSA) is 68.5 Å². The second-order valence-corrected chi connectivity index (χ2v) is 6.00. The normalized spacial score (nSPS) is 11.6. The van der Waals surface area contributed by atoms with Crippen molar-refractivity contribution >= 4 is 22.6 Å². The molecule has 6 nitrogen and oxygen atoms in total. The number of anilines is 1. The Kier molecular flexibility index (Phi) is 5.31. The number of aromatic nitrogens is 2. The summed E-state index contributed by atoms with van der Waals surface area (Å²) in [4.78, 5) is 17.7. The molecule has 0 aliphatic rings. The number of para-hydroxylation sites is 1. The fraction of sp³-hybridized carbons (Fsp3) is 0.250. The summed E-state index contributed by atoms with van der Waals surface area (Å²) in [6, 6.07) is 14.6. The van der Waals surface area contributed by atoms with Gasteiger partial charge >= 0.3 is 0 Å². The molecule has 1 aromatic heterocycles. The van der Waals surface area contributed by atoms with E-state index >= 15 is 0 Å².